The number of esters is 1. The quantitative estimate of drug-likeness (QED) is 0.807. The molecule has 21 heavy (non-hydrogen) atoms. The normalized spacial score (nSPS) is 9.76. The molecule has 0 N–H and O–H groups in total. The fraction of sp³-hybridized carbons (Fsp3) is 0.176. The van der Waals surface area contributed by atoms with E-state index >= 15 is 0 Å². The summed E-state index contributed by atoms with van der Waals surface area (Å²) in [5.41, 5.74) is 2.70. The van der Waals surface area contributed by atoms with Crippen LogP contribution in [0.25, 0.3) is 0 Å². The van der Waals surface area contributed by atoms with E-state index < -0.39 is 5.97 Å². The topological polar surface area (TPSA) is 59.3 Å². The maximum Gasteiger partial charge on any atom is 0.338 e. The lowest BCUT2D eigenvalue weighted by atomic mass is 10.1. The predicted molar refractivity (Wildman–Crippen MR) is 78.0 cm³/mol. The highest BCUT2D eigenvalue weighted by atomic mass is 16.5. The summed E-state index contributed by atoms with van der Waals surface area (Å²) in [6.07, 6.45) is 0. The molecule has 106 valence electrons. The number of hydrogen-bond donors (Lipinski definition) is 0. The van der Waals surface area contributed by atoms with E-state index in [9.17, 15) is 4.79 Å². The number of benzene rings is 2. The summed E-state index contributed by atoms with van der Waals surface area (Å²) in [4.78, 5) is 11.7. The molecule has 0 aliphatic rings. The number of rotatable bonds is 4. The molecule has 0 aromatic heterocycles. The Morgan fingerprint density at radius 1 is 1.24 bits per heavy atom. The van der Waals surface area contributed by atoms with Crippen LogP contribution in [0.1, 0.15) is 27.0 Å². The second-order valence-electron chi connectivity index (χ2n) is 4.53. The van der Waals surface area contributed by atoms with E-state index in [0.717, 1.165) is 11.1 Å². The fourth-order valence-corrected chi connectivity index (χ4v) is 1.94. The van der Waals surface area contributed by atoms with Crippen molar-refractivity contribution in [3.63, 3.8) is 0 Å². The zero-order valence-electron chi connectivity index (χ0n) is 11.9. The van der Waals surface area contributed by atoms with Crippen molar-refractivity contribution in [2.24, 2.45) is 0 Å². The van der Waals surface area contributed by atoms with E-state index in [-0.39, 0.29) is 6.61 Å². The van der Waals surface area contributed by atoms with Gasteiger partial charge >= 0.3 is 5.97 Å². The molecule has 0 spiro atoms. The SMILES string of the molecule is COC(=O)c1ccccc1COc1cc(C#N)ccc1C. The number of hydrogen-bond acceptors (Lipinski definition) is 4. The van der Waals surface area contributed by atoms with Crippen molar-refractivity contribution in [3.8, 4) is 11.8 Å². The minimum atomic E-state index is -0.392. The van der Waals surface area contributed by atoms with Gasteiger partial charge in [0.25, 0.3) is 0 Å². The zero-order valence-corrected chi connectivity index (χ0v) is 11.9. The molecule has 0 aliphatic heterocycles. The molecule has 2 aromatic carbocycles. The highest BCUT2D eigenvalue weighted by Crippen LogP contribution is 2.21. The van der Waals surface area contributed by atoms with Crippen molar-refractivity contribution in [2.75, 3.05) is 7.11 Å². The lowest BCUT2D eigenvalue weighted by molar-refractivity contribution is 0.0597. The summed E-state index contributed by atoms with van der Waals surface area (Å²) >= 11 is 0. The molecule has 2 rings (SSSR count). The van der Waals surface area contributed by atoms with Gasteiger partial charge in [-0.2, -0.15) is 5.26 Å². The van der Waals surface area contributed by atoms with Crippen LogP contribution in [0.3, 0.4) is 0 Å². The van der Waals surface area contributed by atoms with Gasteiger partial charge in [0.1, 0.15) is 12.4 Å². The van der Waals surface area contributed by atoms with Gasteiger partial charge in [-0.25, -0.2) is 4.79 Å². The Kier molecular flexibility index (Phi) is 4.57. The molecule has 0 saturated carbocycles. The van der Waals surface area contributed by atoms with Gasteiger partial charge in [0.05, 0.1) is 24.3 Å². The first-order chi connectivity index (χ1) is 10.2. The monoisotopic (exact) mass is 281 g/mol. The van der Waals surface area contributed by atoms with E-state index in [1.807, 2.05) is 25.1 Å². The third-order valence-electron chi connectivity index (χ3n) is 3.12. The predicted octanol–water partition coefficient (Wildman–Crippen LogP) is 3.23. The summed E-state index contributed by atoms with van der Waals surface area (Å²) in [6, 6.07) is 14.5. The number of aryl methyl sites for hydroxylation is 1. The van der Waals surface area contributed by atoms with Gasteiger partial charge in [0.15, 0.2) is 0 Å². The Bertz CT molecular complexity index is 701. The molecule has 0 heterocycles. The summed E-state index contributed by atoms with van der Waals surface area (Å²) in [5.74, 6) is 0.241. The lowest BCUT2D eigenvalue weighted by Crippen LogP contribution is -2.08. The Labute approximate surface area is 123 Å². The van der Waals surface area contributed by atoms with Crippen LogP contribution in [0.5, 0.6) is 5.75 Å². The van der Waals surface area contributed by atoms with E-state index in [1.54, 1.807) is 24.3 Å². The molecular weight excluding hydrogens is 266 g/mol. The van der Waals surface area contributed by atoms with Crippen LogP contribution in [0.4, 0.5) is 0 Å². The van der Waals surface area contributed by atoms with E-state index in [2.05, 4.69) is 6.07 Å². The van der Waals surface area contributed by atoms with Crippen LogP contribution < -0.4 is 4.74 Å². The van der Waals surface area contributed by atoms with E-state index in [4.69, 9.17) is 14.7 Å². The average molecular weight is 281 g/mol. The molecule has 4 nitrogen and oxygen atoms in total. The maximum atomic E-state index is 11.7. The molecule has 0 fully saturated rings. The van der Waals surface area contributed by atoms with Crippen molar-refractivity contribution in [1.82, 2.24) is 0 Å². The maximum absolute atomic E-state index is 11.7. The van der Waals surface area contributed by atoms with Crippen molar-refractivity contribution in [1.29, 1.82) is 5.26 Å². The largest absolute Gasteiger partial charge is 0.489 e. The molecular formula is C17H15NO3. The molecule has 4 heteroatoms. The Hall–Kier alpha value is -2.80. The zero-order chi connectivity index (χ0) is 15.2. The highest BCUT2D eigenvalue weighted by molar-refractivity contribution is 5.90. The molecule has 0 aliphatic carbocycles. The number of nitrogens with zero attached hydrogens (tertiary/aromatic N) is 1. The van der Waals surface area contributed by atoms with Crippen LogP contribution in [-0.2, 0) is 11.3 Å². The Balaban J connectivity index is 2.21. The smallest absolute Gasteiger partial charge is 0.338 e. The molecule has 0 bridgehead atoms. The number of nitriles is 1. The van der Waals surface area contributed by atoms with Crippen LogP contribution in [0, 0.1) is 18.3 Å². The van der Waals surface area contributed by atoms with Gasteiger partial charge in [-0.15, -0.1) is 0 Å². The first-order valence-corrected chi connectivity index (χ1v) is 6.45. The number of carbonyl (C=O) groups is 1. The van der Waals surface area contributed by atoms with Crippen molar-refractivity contribution < 1.29 is 14.3 Å². The third-order valence-corrected chi connectivity index (χ3v) is 3.12. The van der Waals surface area contributed by atoms with Crippen LogP contribution in [-0.4, -0.2) is 13.1 Å². The van der Waals surface area contributed by atoms with E-state index in [1.165, 1.54) is 7.11 Å². The third kappa shape index (κ3) is 3.40. The fourth-order valence-electron chi connectivity index (χ4n) is 1.94. The number of carbonyl (C=O) groups excluding carboxylic acids is 1. The van der Waals surface area contributed by atoms with Gasteiger partial charge in [-0.1, -0.05) is 24.3 Å². The van der Waals surface area contributed by atoms with Crippen LogP contribution >= 0.6 is 0 Å². The molecule has 2 aromatic rings. The average Bonchev–Trinajstić information content (AvgIpc) is 2.53. The van der Waals surface area contributed by atoms with Gasteiger partial charge < -0.3 is 9.47 Å². The molecule has 0 saturated heterocycles. The minimum absolute atomic E-state index is 0.237. The van der Waals surface area contributed by atoms with Crippen molar-refractivity contribution in [2.45, 2.75) is 13.5 Å². The summed E-state index contributed by atoms with van der Waals surface area (Å²) in [6.45, 7) is 2.14. The number of methoxy groups -OCH3 is 1. The van der Waals surface area contributed by atoms with Gasteiger partial charge in [-0.3, -0.25) is 0 Å². The van der Waals surface area contributed by atoms with Crippen LogP contribution in [0.2, 0.25) is 0 Å². The van der Waals surface area contributed by atoms with Gasteiger partial charge in [-0.05, 0) is 30.7 Å². The van der Waals surface area contributed by atoms with Gasteiger partial charge in [0, 0.05) is 5.56 Å². The Morgan fingerprint density at radius 3 is 2.71 bits per heavy atom. The van der Waals surface area contributed by atoms with Crippen molar-refractivity contribution in [3.05, 3.63) is 64.7 Å². The summed E-state index contributed by atoms with van der Waals surface area (Å²) in [7, 11) is 1.35. The van der Waals surface area contributed by atoms with Crippen molar-refractivity contribution >= 4 is 5.97 Å². The summed E-state index contributed by atoms with van der Waals surface area (Å²) < 4.78 is 10.5. The second-order valence-corrected chi connectivity index (χ2v) is 4.53. The van der Waals surface area contributed by atoms with Gasteiger partial charge in [0.2, 0.25) is 0 Å². The lowest BCUT2D eigenvalue weighted by Gasteiger charge is -2.11. The first kappa shape index (κ1) is 14.6. The molecule has 0 amide bonds. The summed E-state index contributed by atoms with van der Waals surface area (Å²) in [5, 5.41) is 8.92. The highest BCUT2D eigenvalue weighted by Gasteiger charge is 2.11. The standard InChI is InChI=1S/C17H15NO3/c1-12-7-8-13(10-18)9-16(12)21-11-14-5-3-4-6-15(14)17(19)20-2/h3-9H,11H2,1-2H3. The molecule has 0 atom stereocenters. The van der Waals surface area contributed by atoms with Crippen LogP contribution in [0.15, 0.2) is 42.5 Å². The van der Waals surface area contributed by atoms with E-state index in [0.29, 0.717) is 16.9 Å². The first-order valence-electron chi connectivity index (χ1n) is 6.45. The second kappa shape index (κ2) is 6.58. The number of ether oxygens (including phenoxy) is 2. The molecule has 0 unspecified atom stereocenters. The Morgan fingerprint density at radius 2 is 2.00 bits per heavy atom. The molecule has 0 radical (unpaired) electrons. The minimum Gasteiger partial charge on any atom is -0.489 e.